The number of carboxylic acid groups (broad SMARTS) is 1. The first kappa shape index (κ1) is 15.3. The number of aromatic carboxylic acids is 1. The fourth-order valence-electron chi connectivity index (χ4n) is 2.32. The van der Waals surface area contributed by atoms with Gasteiger partial charge in [0.05, 0.1) is 16.7 Å². The fraction of sp³-hybridized carbons (Fsp3) is 0.375. The second kappa shape index (κ2) is 5.69. The summed E-state index contributed by atoms with van der Waals surface area (Å²) in [6.07, 6.45) is 0. The van der Waals surface area contributed by atoms with Crippen LogP contribution in [0.2, 0.25) is 0 Å². The van der Waals surface area contributed by atoms with Gasteiger partial charge in [-0.15, -0.1) is 0 Å². The van der Waals surface area contributed by atoms with Crippen molar-refractivity contribution in [1.29, 1.82) is 0 Å². The molecular weight excluding hydrogens is 268 g/mol. The van der Waals surface area contributed by atoms with Crippen molar-refractivity contribution in [2.24, 2.45) is 0 Å². The minimum Gasteiger partial charge on any atom is -0.478 e. The molecule has 2 aromatic rings. The Balaban J connectivity index is 2.56. The molecule has 0 amide bonds. The Morgan fingerprint density at radius 1 is 1.33 bits per heavy atom. The van der Waals surface area contributed by atoms with Crippen LogP contribution in [0.4, 0.5) is 5.82 Å². The van der Waals surface area contributed by atoms with E-state index in [0.717, 1.165) is 0 Å². The van der Waals surface area contributed by atoms with Crippen molar-refractivity contribution in [1.82, 2.24) is 4.98 Å². The van der Waals surface area contributed by atoms with Gasteiger partial charge < -0.3 is 15.1 Å². The van der Waals surface area contributed by atoms with Crippen molar-refractivity contribution in [2.45, 2.75) is 26.4 Å². The van der Waals surface area contributed by atoms with E-state index in [1.54, 1.807) is 38.1 Å². The number of aliphatic hydroxyl groups is 1. The molecule has 21 heavy (non-hydrogen) atoms. The van der Waals surface area contributed by atoms with Gasteiger partial charge in [-0.25, -0.2) is 9.78 Å². The Kier molecular flexibility index (Phi) is 4.14. The molecule has 5 heteroatoms. The van der Waals surface area contributed by atoms with Gasteiger partial charge in [-0.3, -0.25) is 0 Å². The van der Waals surface area contributed by atoms with Crippen LogP contribution >= 0.6 is 0 Å². The summed E-state index contributed by atoms with van der Waals surface area (Å²) in [5, 5.41) is 20.0. The van der Waals surface area contributed by atoms with Crippen LogP contribution in [0.15, 0.2) is 30.3 Å². The Labute approximate surface area is 123 Å². The summed E-state index contributed by atoms with van der Waals surface area (Å²) >= 11 is 0. The highest BCUT2D eigenvalue weighted by Gasteiger charge is 2.20. The predicted molar refractivity (Wildman–Crippen MR) is 82.9 cm³/mol. The maximum Gasteiger partial charge on any atom is 0.336 e. The number of anilines is 1. The number of likely N-dealkylation sites (N-methyl/N-ethyl adjacent to an activating group) is 1. The molecule has 112 valence electrons. The van der Waals surface area contributed by atoms with Crippen LogP contribution in [0.5, 0.6) is 0 Å². The minimum atomic E-state index is -0.978. The zero-order valence-electron chi connectivity index (χ0n) is 12.5. The molecule has 0 bridgehead atoms. The summed E-state index contributed by atoms with van der Waals surface area (Å²) in [5.41, 5.74) is -0.0152. The van der Waals surface area contributed by atoms with Crippen molar-refractivity contribution in [2.75, 3.05) is 18.0 Å². The smallest absolute Gasteiger partial charge is 0.336 e. The molecule has 0 unspecified atom stereocenters. The molecule has 0 spiro atoms. The number of carboxylic acids is 1. The first-order chi connectivity index (χ1) is 9.81. The van der Waals surface area contributed by atoms with Crippen molar-refractivity contribution < 1.29 is 15.0 Å². The van der Waals surface area contributed by atoms with Crippen LogP contribution in [-0.2, 0) is 0 Å². The van der Waals surface area contributed by atoms with Crippen molar-refractivity contribution >= 4 is 22.7 Å². The number of fused-ring (bicyclic) bond motifs is 1. The van der Waals surface area contributed by atoms with Gasteiger partial charge in [0, 0.05) is 18.5 Å². The number of rotatable bonds is 5. The van der Waals surface area contributed by atoms with E-state index < -0.39 is 11.6 Å². The summed E-state index contributed by atoms with van der Waals surface area (Å²) in [5.74, 6) is -0.412. The SMILES string of the molecule is CCN(CC(C)(C)O)c1cc(C(=O)O)c2ccccc2n1. The van der Waals surface area contributed by atoms with Crippen LogP contribution in [0, 0.1) is 0 Å². The maximum atomic E-state index is 11.5. The lowest BCUT2D eigenvalue weighted by molar-refractivity contribution is 0.0699. The molecule has 2 N–H and O–H groups in total. The van der Waals surface area contributed by atoms with E-state index in [-0.39, 0.29) is 5.56 Å². The lowest BCUT2D eigenvalue weighted by Crippen LogP contribution is -2.39. The van der Waals surface area contributed by atoms with Crippen LogP contribution in [0.1, 0.15) is 31.1 Å². The molecular formula is C16H20N2O3. The van der Waals surface area contributed by atoms with Crippen LogP contribution in [-0.4, -0.2) is 39.9 Å². The quantitative estimate of drug-likeness (QED) is 0.884. The second-order valence-corrected chi connectivity index (χ2v) is 5.68. The van der Waals surface area contributed by atoms with Crippen molar-refractivity contribution in [3.05, 3.63) is 35.9 Å². The van der Waals surface area contributed by atoms with Crippen LogP contribution in [0.25, 0.3) is 10.9 Å². The van der Waals surface area contributed by atoms with Gasteiger partial charge in [0.25, 0.3) is 0 Å². The van der Waals surface area contributed by atoms with Gasteiger partial charge in [-0.05, 0) is 32.9 Å². The van der Waals surface area contributed by atoms with E-state index in [2.05, 4.69) is 4.98 Å². The first-order valence-electron chi connectivity index (χ1n) is 6.92. The normalized spacial score (nSPS) is 11.6. The number of aromatic nitrogens is 1. The third-order valence-electron chi connectivity index (χ3n) is 3.22. The predicted octanol–water partition coefficient (Wildman–Crippen LogP) is 2.53. The summed E-state index contributed by atoms with van der Waals surface area (Å²) in [6.45, 7) is 6.40. The van der Waals surface area contributed by atoms with Gasteiger partial charge in [0.1, 0.15) is 5.82 Å². The van der Waals surface area contributed by atoms with Gasteiger partial charge in [-0.2, -0.15) is 0 Å². The Hall–Kier alpha value is -2.14. The monoisotopic (exact) mass is 288 g/mol. The lowest BCUT2D eigenvalue weighted by Gasteiger charge is -2.29. The Morgan fingerprint density at radius 3 is 2.57 bits per heavy atom. The zero-order valence-corrected chi connectivity index (χ0v) is 12.5. The topological polar surface area (TPSA) is 73.7 Å². The van der Waals surface area contributed by atoms with E-state index in [9.17, 15) is 15.0 Å². The third-order valence-corrected chi connectivity index (χ3v) is 3.22. The molecule has 0 saturated carbocycles. The van der Waals surface area contributed by atoms with Gasteiger partial charge in [0.2, 0.25) is 0 Å². The molecule has 2 rings (SSSR count). The number of hydrogen-bond acceptors (Lipinski definition) is 4. The number of pyridine rings is 1. The average Bonchev–Trinajstić information content (AvgIpc) is 2.42. The van der Waals surface area contributed by atoms with Gasteiger partial charge in [-0.1, -0.05) is 18.2 Å². The lowest BCUT2D eigenvalue weighted by atomic mass is 10.1. The molecule has 0 radical (unpaired) electrons. The zero-order chi connectivity index (χ0) is 15.6. The van der Waals surface area contributed by atoms with E-state index in [0.29, 0.717) is 29.8 Å². The van der Waals surface area contributed by atoms with E-state index in [4.69, 9.17) is 0 Å². The van der Waals surface area contributed by atoms with Crippen molar-refractivity contribution in [3.63, 3.8) is 0 Å². The molecule has 0 aliphatic rings. The summed E-state index contributed by atoms with van der Waals surface area (Å²) in [6, 6.07) is 8.74. The molecule has 1 aromatic carbocycles. The maximum absolute atomic E-state index is 11.5. The standard InChI is InChI=1S/C16H20N2O3/c1-4-18(10-16(2,3)21)14-9-12(15(19)20)11-7-5-6-8-13(11)17-14/h5-9,21H,4,10H2,1-3H3,(H,19,20). The highest BCUT2D eigenvalue weighted by Crippen LogP contribution is 2.24. The Bertz CT molecular complexity index is 662. The first-order valence-corrected chi connectivity index (χ1v) is 6.92. The number of carbonyl (C=O) groups is 1. The fourth-order valence-corrected chi connectivity index (χ4v) is 2.32. The minimum absolute atomic E-state index is 0.227. The summed E-state index contributed by atoms with van der Waals surface area (Å²) in [7, 11) is 0. The molecule has 0 saturated heterocycles. The van der Waals surface area contributed by atoms with Crippen LogP contribution in [0.3, 0.4) is 0 Å². The summed E-state index contributed by atoms with van der Waals surface area (Å²) < 4.78 is 0. The van der Waals surface area contributed by atoms with E-state index >= 15 is 0 Å². The van der Waals surface area contributed by atoms with E-state index in [1.165, 1.54) is 0 Å². The number of benzene rings is 1. The van der Waals surface area contributed by atoms with Crippen molar-refractivity contribution in [3.8, 4) is 0 Å². The second-order valence-electron chi connectivity index (χ2n) is 5.68. The molecule has 1 aromatic heterocycles. The number of para-hydroxylation sites is 1. The largest absolute Gasteiger partial charge is 0.478 e. The molecule has 0 fully saturated rings. The Morgan fingerprint density at radius 2 is 2.00 bits per heavy atom. The van der Waals surface area contributed by atoms with Gasteiger partial charge >= 0.3 is 5.97 Å². The molecule has 0 atom stereocenters. The highest BCUT2D eigenvalue weighted by atomic mass is 16.4. The van der Waals surface area contributed by atoms with Gasteiger partial charge in [0.15, 0.2) is 0 Å². The molecule has 1 heterocycles. The number of hydrogen-bond donors (Lipinski definition) is 2. The van der Waals surface area contributed by atoms with Crippen LogP contribution < -0.4 is 4.90 Å². The highest BCUT2D eigenvalue weighted by molar-refractivity contribution is 6.03. The molecule has 0 aliphatic carbocycles. The molecule has 0 aliphatic heterocycles. The average molecular weight is 288 g/mol. The summed E-state index contributed by atoms with van der Waals surface area (Å²) in [4.78, 5) is 17.9. The number of nitrogens with zero attached hydrogens (tertiary/aromatic N) is 2. The third kappa shape index (κ3) is 3.49. The van der Waals surface area contributed by atoms with E-state index in [1.807, 2.05) is 17.9 Å². The molecule has 5 nitrogen and oxygen atoms in total.